The van der Waals surface area contributed by atoms with Crippen LogP contribution in [0.15, 0.2) is 30.3 Å². The summed E-state index contributed by atoms with van der Waals surface area (Å²) in [5.74, 6) is -1.33. The van der Waals surface area contributed by atoms with Gasteiger partial charge in [0.1, 0.15) is 5.78 Å². The Morgan fingerprint density at radius 3 is 2.43 bits per heavy atom. The first-order chi connectivity index (χ1) is 9.99. The summed E-state index contributed by atoms with van der Waals surface area (Å²) in [5, 5.41) is 14.1. The average Bonchev–Trinajstić information content (AvgIpc) is 2.43. The van der Waals surface area contributed by atoms with E-state index in [0.29, 0.717) is 6.42 Å². The Bertz CT molecular complexity index is 488. The van der Waals surface area contributed by atoms with E-state index in [0.717, 1.165) is 5.56 Å². The average molecular weight is 292 g/mol. The molecule has 6 nitrogen and oxygen atoms in total. The van der Waals surface area contributed by atoms with Gasteiger partial charge in [0, 0.05) is 13.0 Å². The Balaban J connectivity index is 2.60. The Kier molecular flexibility index (Phi) is 7.11. The highest BCUT2D eigenvalue weighted by molar-refractivity contribution is 5.83. The monoisotopic (exact) mass is 292 g/mol. The number of Topliss-reactive ketones (excluding diaryl/α,β-unsaturated/α-hetero) is 1. The number of carbonyl (C=O) groups is 3. The molecule has 21 heavy (non-hydrogen) atoms. The predicted octanol–water partition coefficient (Wildman–Crippen LogP) is 0.367. The van der Waals surface area contributed by atoms with E-state index in [2.05, 4.69) is 10.6 Å². The molecule has 0 aliphatic carbocycles. The zero-order chi connectivity index (χ0) is 15.7. The normalized spacial score (nSPS) is 11.7. The van der Waals surface area contributed by atoms with E-state index >= 15 is 0 Å². The molecule has 1 aromatic carbocycles. The number of amides is 1. The van der Waals surface area contributed by atoms with Gasteiger partial charge in [0.15, 0.2) is 0 Å². The largest absolute Gasteiger partial charge is 0.480 e. The summed E-state index contributed by atoms with van der Waals surface area (Å²) in [6, 6.07) is 8.69. The van der Waals surface area contributed by atoms with Crippen LogP contribution in [0.5, 0.6) is 0 Å². The van der Waals surface area contributed by atoms with Crippen molar-refractivity contribution < 1.29 is 19.5 Å². The number of rotatable bonds is 9. The van der Waals surface area contributed by atoms with Crippen molar-refractivity contribution in [3.63, 3.8) is 0 Å². The minimum absolute atomic E-state index is 0.00611. The number of nitrogens with one attached hydrogen (secondary N) is 2. The highest BCUT2D eigenvalue weighted by Crippen LogP contribution is 2.03. The number of ketones is 1. The summed E-state index contributed by atoms with van der Waals surface area (Å²) in [5.41, 5.74) is 0.933. The molecule has 114 valence electrons. The highest BCUT2D eigenvalue weighted by atomic mass is 16.4. The fourth-order valence-electron chi connectivity index (χ4n) is 1.80. The predicted molar refractivity (Wildman–Crippen MR) is 77.9 cm³/mol. The number of carboxylic acids is 1. The molecule has 1 atom stereocenters. The maximum atomic E-state index is 12.1. The van der Waals surface area contributed by atoms with Crippen molar-refractivity contribution in [1.29, 1.82) is 0 Å². The second-order valence-electron chi connectivity index (χ2n) is 4.76. The number of carboxylic acid groups (broad SMARTS) is 1. The Hall–Kier alpha value is -2.21. The summed E-state index contributed by atoms with van der Waals surface area (Å²) >= 11 is 0. The molecule has 3 N–H and O–H groups in total. The molecular formula is C15H20N2O4. The Morgan fingerprint density at radius 2 is 1.86 bits per heavy atom. The van der Waals surface area contributed by atoms with Crippen LogP contribution in [0.2, 0.25) is 0 Å². The zero-order valence-corrected chi connectivity index (χ0v) is 12.0. The minimum atomic E-state index is -1.02. The first-order valence-corrected chi connectivity index (χ1v) is 6.75. The van der Waals surface area contributed by atoms with Gasteiger partial charge in [0.05, 0.1) is 12.6 Å². The van der Waals surface area contributed by atoms with Crippen molar-refractivity contribution in [2.75, 3.05) is 13.1 Å². The number of aliphatic carboxylic acids is 1. The van der Waals surface area contributed by atoms with Crippen LogP contribution in [0.25, 0.3) is 0 Å². The van der Waals surface area contributed by atoms with Crippen molar-refractivity contribution in [3.8, 4) is 0 Å². The topological polar surface area (TPSA) is 95.5 Å². The van der Waals surface area contributed by atoms with Crippen LogP contribution in [0.1, 0.15) is 18.9 Å². The molecule has 0 radical (unpaired) electrons. The molecule has 1 amide bonds. The number of carbonyl (C=O) groups excluding carboxylic acids is 2. The van der Waals surface area contributed by atoms with Crippen LogP contribution in [0.4, 0.5) is 0 Å². The van der Waals surface area contributed by atoms with Gasteiger partial charge in [-0.15, -0.1) is 0 Å². The summed E-state index contributed by atoms with van der Waals surface area (Å²) < 4.78 is 0. The lowest BCUT2D eigenvalue weighted by Crippen LogP contribution is -2.47. The van der Waals surface area contributed by atoms with Crippen molar-refractivity contribution in [2.24, 2.45) is 0 Å². The molecule has 0 bridgehead atoms. The molecule has 0 saturated carbocycles. The molecule has 6 heteroatoms. The lowest BCUT2D eigenvalue weighted by Gasteiger charge is -2.17. The third kappa shape index (κ3) is 7.22. The first-order valence-electron chi connectivity index (χ1n) is 6.75. The van der Waals surface area contributed by atoms with Crippen LogP contribution in [0, 0.1) is 0 Å². The summed E-state index contributed by atoms with van der Waals surface area (Å²) in [6.07, 6.45) is 0.656. The molecule has 0 aliphatic rings. The van der Waals surface area contributed by atoms with Gasteiger partial charge < -0.3 is 10.4 Å². The quantitative estimate of drug-likeness (QED) is 0.611. The summed E-state index contributed by atoms with van der Waals surface area (Å²) in [6.45, 7) is 1.42. The van der Waals surface area contributed by atoms with Crippen molar-refractivity contribution in [1.82, 2.24) is 10.6 Å². The Labute approximate surface area is 123 Å². The number of hydrogen-bond acceptors (Lipinski definition) is 4. The van der Waals surface area contributed by atoms with E-state index in [4.69, 9.17) is 5.11 Å². The SMILES string of the molecule is CC(=O)CCNC(=O)C(Cc1ccccc1)NCC(=O)O. The number of hydrogen-bond donors (Lipinski definition) is 3. The van der Waals surface area contributed by atoms with Crippen LogP contribution < -0.4 is 10.6 Å². The smallest absolute Gasteiger partial charge is 0.317 e. The van der Waals surface area contributed by atoms with Gasteiger partial charge in [-0.3, -0.25) is 19.7 Å². The van der Waals surface area contributed by atoms with Crippen molar-refractivity contribution in [2.45, 2.75) is 25.8 Å². The third-order valence-corrected chi connectivity index (χ3v) is 2.88. The van der Waals surface area contributed by atoms with Crippen molar-refractivity contribution >= 4 is 17.7 Å². The van der Waals surface area contributed by atoms with Crippen LogP contribution >= 0.6 is 0 Å². The van der Waals surface area contributed by atoms with Gasteiger partial charge in [-0.05, 0) is 18.9 Å². The number of benzene rings is 1. The third-order valence-electron chi connectivity index (χ3n) is 2.88. The maximum Gasteiger partial charge on any atom is 0.317 e. The van der Waals surface area contributed by atoms with Gasteiger partial charge in [0.2, 0.25) is 5.91 Å². The van der Waals surface area contributed by atoms with E-state index in [1.807, 2.05) is 30.3 Å². The van der Waals surface area contributed by atoms with E-state index in [1.54, 1.807) is 0 Å². The van der Waals surface area contributed by atoms with E-state index in [9.17, 15) is 14.4 Å². The molecule has 0 aromatic heterocycles. The van der Waals surface area contributed by atoms with Gasteiger partial charge >= 0.3 is 5.97 Å². The molecule has 0 spiro atoms. The van der Waals surface area contributed by atoms with Gasteiger partial charge in [-0.2, -0.15) is 0 Å². The van der Waals surface area contributed by atoms with E-state index in [-0.39, 0.29) is 31.2 Å². The molecule has 0 saturated heterocycles. The highest BCUT2D eigenvalue weighted by Gasteiger charge is 2.19. The van der Waals surface area contributed by atoms with Crippen molar-refractivity contribution in [3.05, 3.63) is 35.9 Å². The van der Waals surface area contributed by atoms with Gasteiger partial charge in [-0.25, -0.2) is 0 Å². The lowest BCUT2D eigenvalue weighted by atomic mass is 10.1. The molecular weight excluding hydrogens is 272 g/mol. The first kappa shape index (κ1) is 16.8. The fourth-order valence-corrected chi connectivity index (χ4v) is 1.80. The molecule has 1 unspecified atom stereocenters. The summed E-state index contributed by atoms with van der Waals surface area (Å²) in [4.78, 5) is 33.6. The van der Waals surface area contributed by atoms with Gasteiger partial charge in [-0.1, -0.05) is 30.3 Å². The van der Waals surface area contributed by atoms with Crippen LogP contribution in [0.3, 0.4) is 0 Å². The lowest BCUT2D eigenvalue weighted by molar-refractivity contribution is -0.136. The van der Waals surface area contributed by atoms with E-state index in [1.165, 1.54) is 6.92 Å². The second-order valence-corrected chi connectivity index (χ2v) is 4.76. The summed E-state index contributed by atoms with van der Waals surface area (Å²) in [7, 11) is 0. The molecule has 0 fully saturated rings. The van der Waals surface area contributed by atoms with E-state index < -0.39 is 12.0 Å². The minimum Gasteiger partial charge on any atom is -0.480 e. The second kappa shape index (κ2) is 8.86. The van der Waals surface area contributed by atoms with Crippen LogP contribution in [-0.2, 0) is 20.8 Å². The standard InChI is InChI=1S/C15H20N2O4/c1-11(18)7-8-16-15(21)13(17-10-14(19)20)9-12-5-3-2-4-6-12/h2-6,13,17H,7-10H2,1H3,(H,16,21)(H,19,20). The van der Waals surface area contributed by atoms with Gasteiger partial charge in [0.25, 0.3) is 0 Å². The Morgan fingerprint density at radius 1 is 1.19 bits per heavy atom. The van der Waals surface area contributed by atoms with Crippen LogP contribution in [-0.4, -0.2) is 41.9 Å². The fraction of sp³-hybridized carbons (Fsp3) is 0.400. The molecule has 0 heterocycles. The molecule has 1 aromatic rings. The molecule has 0 aliphatic heterocycles. The maximum absolute atomic E-state index is 12.1. The molecule has 1 rings (SSSR count). The zero-order valence-electron chi connectivity index (χ0n) is 12.0.